The molecule has 3 aromatic rings. The lowest BCUT2D eigenvalue weighted by atomic mass is 10.1. The molecule has 0 aliphatic heterocycles. The van der Waals surface area contributed by atoms with Crippen molar-refractivity contribution < 1.29 is 4.92 Å². The van der Waals surface area contributed by atoms with Gasteiger partial charge in [0.15, 0.2) is 0 Å². The Morgan fingerprint density at radius 2 is 1.24 bits per heavy atom. The minimum absolute atomic E-state index is 0.156. The van der Waals surface area contributed by atoms with Gasteiger partial charge < -0.3 is 0 Å². The highest BCUT2D eigenvalue weighted by Crippen LogP contribution is 2.35. The first-order valence-electron chi connectivity index (χ1n) is 6.92. The predicted octanol–water partition coefficient (Wildman–Crippen LogP) is 6.94. The first-order chi connectivity index (χ1) is 11.8. The van der Waals surface area contributed by atoms with E-state index in [2.05, 4.69) is 4.98 Å². The van der Waals surface area contributed by atoms with Crippen molar-refractivity contribution in [1.29, 1.82) is 0 Å². The fraction of sp³-hybridized carbons (Fsp3) is 0. The molecule has 0 amide bonds. The number of halogens is 4. The third-order valence-corrected chi connectivity index (χ3v) is 4.24. The van der Waals surface area contributed by atoms with Crippen LogP contribution in [0.3, 0.4) is 0 Å². The van der Waals surface area contributed by atoms with Gasteiger partial charge in [0, 0.05) is 37.3 Å². The predicted molar refractivity (Wildman–Crippen MR) is 102 cm³/mol. The maximum atomic E-state index is 11.4. The molecule has 0 unspecified atom stereocenters. The van der Waals surface area contributed by atoms with Crippen LogP contribution in [0.15, 0.2) is 48.5 Å². The van der Waals surface area contributed by atoms with E-state index in [1.807, 2.05) is 0 Å². The van der Waals surface area contributed by atoms with Gasteiger partial charge in [0.2, 0.25) is 0 Å². The van der Waals surface area contributed by atoms with Crippen molar-refractivity contribution in [3.8, 4) is 22.5 Å². The van der Waals surface area contributed by atoms with Crippen LogP contribution >= 0.6 is 46.4 Å². The number of benzene rings is 2. The Morgan fingerprint density at radius 1 is 0.760 bits per heavy atom. The van der Waals surface area contributed by atoms with Crippen molar-refractivity contribution in [3.63, 3.8) is 0 Å². The number of nitro groups is 1. The fourth-order valence-electron chi connectivity index (χ4n) is 2.36. The van der Waals surface area contributed by atoms with E-state index in [1.54, 1.807) is 36.4 Å². The van der Waals surface area contributed by atoms with Crippen LogP contribution in [0.4, 0.5) is 5.69 Å². The van der Waals surface area contributed by atoms with E-state index in [0.29, 0.717) is 36.9 Å². The van der Waals surface area contributed by atoms with Gasteiger partial charge in [0.1, 0.15) is 5.69 Å². The zero-order valence-corrected chi connectivity index (χ0v) is 15.4. The monoisotopic (exact) mass is 412 g/mol. The third-order valence-electron chi connectivity index (χ3n) is 3.36. The lowest BCUT2D eigenvalue weighted by Gasteiger charge is -2.08. The Morgan fingerprint density at radius 3 is 1.72 bits per heavy atom. The van der Waals surface area contributed by atoms with Crippen molar-refractivity contribution >= 4 is 52.1 Å². The second-order valence-electron chi connectivity index (χ2n) is 5.14. The number of pyridine rings is 1. The maximum absolute atomic E-state index is 11.4. The SMILES string of the molecule is O=[N+]([O-])c1ccc(-c2cc(Cl)cc(Cl)c2)nc1-c1cc(Cl)cc(Cl)c1. The normalized spacial score (nSPS) is 10.7. The van der Waals surface area contributed by atoms with Crippen LogP contribution in [0, 0.1) is 10.1 Å². The Bertz CT molecular complexity index is 952. The summed E-state index contributed by atoms with van der Waals surface area (Å²) in [7, 11) is 0. The summed E-state index contributed by atoms with van der Waals surface area (Å²) in [4.78, 5) is 15.3. The maximum Gasteiger partial charge on any atom is 0.295 e. The minimum Gasteiger partial charge on any atom is -0.258 e. The lowest BCUT2D eigenvalue weighted by Crippen LogP contribution is -1.97. The molecule has 0 bridgehead atoms. The summed E-state index contributed by atoms with van der Waals surface area (Å²) in [5, 5.41) is 13.0. The lowest BCUT2D eigenvalue weighted by molar-refractivity contribution is -0.384. The summed E-state index contributed by atoms with van der Waals surface area (Å²) in [5.74, 6) is 0. The van der Waals surface area contributed by atoms with Gasteiger partial charge in [-0.15, -0.1) is 0 Å². The van der Waals surface area contributed by atoms with Gasteiger partial charge in [-0.1, -0.05) is 46.4 Å². The average Bonchev–Trinajstić information content (AvgIpc) is 2.52. The van der Waals surface area contributed by atoms with E-state index >= 15 is 0 Å². The zero-order chi connectivity index (χ0) is 18.1. The molecule has 0 N–H and O–H groups in total. The van der Waals surface area contributed by atoms with E-state index in [1.165, 1.54) is 12.1 Å². The Labute approximate surface area is 163 Å². The summed E-state index contributed by atoms with van der Waals surface area (Å²) in [6.45, 7) is 0. The molecule has 126 valence electrons. The zero-order valence-electron chi connectivity index (χ0n) is 12.3. The third kappa shape index (κ3) is 4.05. The highest BCUT2D eigenvalue weighted by molar-refractivity contribution is 6.35. The molecule has 0 atom stereocenters. The van der Waals surface area contributed by atoms with Crippen LogP contribution in [-0.4, -0.2) is 9.91 Å². The van der Waals surface area contributed by atoms with Gasteiger partial charge in [-0.3, -0.25) is 10.1 Å². The topological polar surface area (TPSA) is 56.0 Å². The van der Waals surface area contributed by atoms with Gasteiger partial charge in [0.25, 0.3) is 5.69 Å². The fourth-order valence-corrected chi connectivity index (χ4v) is 3.42. The summed E-state index contributed by atoms with van der Waals surface area (Å²) < 4.78 is 0. The Balaban J connectivity index is 2.23. The average molecular weight is 414 g/mol. The standard InChI is InChI=1S/C17H8Cl4N2O2/c18-11-3-9(4-12(19)7-11)15-1-2-16(23(24)25)17(22-15)10-5-13(20)8-14(21)6-10/h1-8H. The molecule has 1 heterocycles. The molecule has 3 rings (SSSR count). The molecule has 0 saturated carbocycles. The van der Waals surface area contributed by atoms with Crippen molar-refractivity contribution in [1.82, 2.24) is 4.98 Å². The van der Waals surface area contributed by atoms with Gasteiger partial charge in [-0.25, -0.2) is 4.98 Å². The number of hydrogen-bond donors (Lipinski definition) is 0. The summed E-state index contributed by atoms with van der Waals surface area (Å²) >= 11 is 24.1. The van der Waals surface area contributed by atoms with E-state index < -0.39 is 4.92 Å². The molecule has 0 radical (unpaired) electrons. The van der Waals surface area contributed by atoms with Crippen LogP contribution in [-0.2, 0) is 0 Å². The molecule has 0 spiro atoms. The summed E-state index contributed by atoms with van der Waals surface area (Å²) in [6.07, 6.45) is 0. The smallest absolute Gasteiger partial charge is 0.258 e. The van der Waals surface area contributed by atoms with Crippen LogP contribution in [0.2, 0.25) is 20.1 Å². The minimum atomic E-state index is -0.508. The van der Waals surface area contributed by atoms with E-state index in [-0.39, 0.29) is 11.4 Å². The molecule has 25 heavy (non-hydrogen) atoms. The van der Waals surface area contributed by atoms with Crippen molar-refractivity contribution in [2.75, 3.05) is 0 Å². The number of rotatable bonds is 3. The van der Waals surface area contributed by atoms with Crippen LogP contribution in [0.1, 0.15) is 0 Å². The highest BCUT2D eigenvalue weighted by Gasteiger charge is 2.19. The molecule has 2 aromatic carbocycles. The first kappa shape index (κ1) is 18.0. The van der Waals surface area contributed by atoms with E-state index in [4.69, 9.17) is 46.4 Å². The quantitative estimate of drug-likeness (QED) is 0.345. The van der Waals surface area contributed by atoms with Gasteiger partial charge in [-0.2, -0.15) is 0 Å². The molecular formula is C17H8Cl4N2O2. The molecule has 0 fully saturated rings. The Kier molecular flexibility index (Phi) is 5.16. The molecule has 0 aliphatic rings. The van der Waals surface area contributed by atoms with Crippen molar-refractivity contribution in [2.24, 2.45) is 0 Å². The van der Waals surface area contributed by atoms with E-state index in [9.17, 15) is 10.1 Å². The number of hydrogen-bond acceptors (Lipinski definition) is 3. The molecule has 4 nitrogen and oxygen atoms in total. The largest absolute Gasteiger partial charge is 0.295 e. The van der Waals surface area contributed by atoms with Crippen LogP contribution in [0.25, 0.3) is 22.5 Å². The Hall–Kier alpha value is -1.85. The summed E-state index contributed by atoms with van der Waals surface area (Å²) in [6, 6.07) is 12.5. The number of nitrogens with zero attached hydrogens (tertiary/aromatic N) is 2. The second kappa shape index (κ2) is 7.18. The molecule has 1 aromatic heterocycles. The van der Waals surface area contributed by atoms with Crippen LogP contribution < -0.4 is 0 Å². The van der Waals surface area contributed by atoms with Gasteiger partial charge in [0.05, 0.1) is 10.6 Å². The molecular weight excluding hydrogens is 406 g/mol. The highest BCUT2D eigenvalue weighted by atomic mass is 35.5. The number of aromatic nitrogens is 1. The van der Waals surface area contributed by atoms with Crippen LogP contribution in [0.5, 0.6) is 0 Å². The van der Waals surface area contributed by atoms with E-state index in [0.717, 1.165) is 0 Å². The van der Waals surface area contributed by atoms with Gasteiger partial charge >= 0.3 is 0 Å². The molecule has 8 heteroatoms. The first-order valence-corrected chi connectivity index (χ1v) is 8.43. The second-order valence-corrected chi connectivity index (χ2v) is 6.88. The molecule has 0 saturated heterocycles. The summed E-state index contributed by atoms with van der Waals surface area (Å²) in [5.41, 5.74) is 1.57. The van der Waals surface area contributed by atoms with Crippen molar-refractivity contribution in [3.05, 3.63) is 78.7 Å². The van der Waals surface area contributed by atoms with Crippen molar-refractivity contribution in [2.45, 2.75) is 0 Å². The molecule has 0 aliphatic carbocycles. The van der Waals surface area contributed by atoms with Gasteiger partial charge in [-0.05, 0) is 42.5 Å².